The fourth-order valence-electron chi connectivity index (χ4n) is 2.51. The second-order valence-electron chi connectivity index (χ2n) is 5.07. The summed E-state index contributed by atoms with van der Waals surface area (Å²) in [6.07, 6.45) is 3.81. The van der Waals surface area contributed by atoms with Crippen LogP contribution in [-0.2, 0) is 6.42 Å². The van der Waals surface area contributed by atoms with E-state index in [-0.39, 0.29) is 12.4 Å². The van der Waals surface area contributed by atoms with Crippen LogP contribution in [0, 0.1) is 12.8 Å². The van der Waals surface area contributed by atoms with E-state index >= 15 is 0 Å². The lowest BCUT2D eigenvalue weighted by atomic mass is 9.98. The number of piperidine rings is 1. The largest absolute Gasteiger partial charge is 0.317 e. The summed E-state index contributed by atoms with van der Waals surface area (Å²) in [7, 11) is 0. The van der Waals surface area contributed by atoms with Gasteiger partial charge in [0.05, 0.1) is 0 Å². The molecule has 0 aliphatic carbocycles. The minimum absolute atomic E-state index is 0. The van der Waals surface area contributed by atoms with Crippen molar-refractivity contribution in [1.82, 2.24) is 10.6 Å². The fourth-order valence-corrected chi connectivity index (χ4v) is 2.51. The number of hydrogen-bond donors (Lipinski definition) is 2. The van der Waals surface area contributed by atoms with Crippen molar-refractivity contribution in [3.63, 3.8) is 0 Å². The molecule has 0 atom stereocenters. The third-order valence-corrected chi connectivity index (χ3v) is 3.72. The molecule has 1 aliphatic rings. The predicted octanol–water partition coefficient (Wildman–Crippen LogP) is 2.55. The molecule has 1 aromatic rings. The maximum atomic E-state index is 3.60. The molecule has 1 heterocycles. The highest BCUT2D eigenvalue weighted by molar-refractivity contribution is 5.85. The third-order valence-electron chi connectivity index (χ3n) is 3.72. The second kappa shape index (κ2) is 8.52. The maximum absolute atomic E-state index is 3.60. The van der Waals surface area contributed by atoms with Gasteiger partial charge in [0.1, 0.15) is 0 Å². The van der Waals surface area contributed by atoms with Crippen molar-refractivity contribution in [2.75, 3.05) is 26.2 Å². The lowest BCUT2D eigenvalue weighted by Gasteiger charge is -2.22. The molecule has 2 nitrogen and oxygen atoms in total. The van der Waals surface area contributed by atoms with Gasteiger partial charge in [-0.2, -0.15) is 0 Å². The lowest BCUT2D eigenvalue weighted by molar-refractivity contribution is 0.358. The van der Waals surface area contributed by atoms with Crippen molar-refractivity contribution >= 4 is 12.4 Å². The van der Waals surface area contributed by atoms with Crippen LogP contribution in [0.1, 0.15) is 24.0 Å². The van der Waals surface area contributed by atoms with Crippen molar-refractivity contribution in [1.29, 1.82) is 0 Å². The number of halogens is 1. The second-order valence-corrected chi connectivity index (χ2v) is 5.07. The molecule has 0 radical (unpaired) electrons. The van der Waals surface area contributed by atoms with Gasteiger partial charge in [0.2, 0.25) is 0 Å². The normalized spacial score (nSPS) is 16.3. The van der Waals surface area contributed by atoms with Crippen LogP contribution in [0.3, 0.4) is 0 Å². The monoisotopic (exact) mass is 268 g/mol. The molecule has 1 fully saturated rings. The molecule has 1 aromatic carbocycles. The smallest absolute Gasteiger partial charge is 0.000814 e. The van der Waals surface area contributed by atoms with Gasteiger partial charge in [-0.05, 0) is 69.4 Å². The Morgan fingerprint density at radius 1 is 1.22 bits per heavy atom. The van der Waals surface area contributed by atoms with Crippen LogP contribution in [0.5, 0.6) is 0 Å². The van der Waals surface area contributed by atoms with Crippen LogP contribution >= 0.6 is 12.4 Å². The Morgan fingerprint density at radius 2 is 1.94 bits per heavy atom. The highest BCUT2D eigenvalue weighted by Crippen LogP contribution is 2.10. The van der Waals surface area contributed by atoms with Gasteiger partial charge >= 0.3 is 0 Å². The SMILES string of the molecule is Cc1ccccc1CCNCC1CCNCC1.Cl. The predicted molar refractivity (Wildman–Crippen MR) is 80.6 cm³/mol. The van der Waals surface area contributed by atoms with E-state index in [0.29, 0.717) is 0 Å². The number of nitrogens with one attached hydrogen (secondary N) is 2. The Morgan fingerprint density at radius 3 is 2.67 bits per heavy atom. The van der Waals surface area contributed by atoms with Crippen molar-refractivity contribution in [2.24, 2.45) is 5.92 Å². The lowest BCUT2D eigenvalue weighted by Crippen LogP contribution is -2.34. The zero-order valence-electron chi connectivity index (χ0n) is 11.2. The van der Waals surface area contributed by atoms with Crippen LogP contribution in [0.15, 0.2) is 24.3 Å². The fraction of sp³-hybridized carbons (Fsp3) is 0.600. The summed E-state index contributed by atoms with van der Waals surface area (Å²) in [5, 5.41) is 7.01. The average Bonchev–Trinajstić information content (AvgIpc) is 2.38. The Kier molecular flexibility index (Phi) is 7.33. The van der Waals surface area contributed by atoms with Crippen LogP contribution in [0.2, 0.25) is 0 Å². The first-order valence-corrected chi connectivity index (χ1v) is 6.82. The van der Waals surface area contributed by atoms with Crippen molar-refractivity contribution in [2.45, 2.75) is 26.2 Å². The number of aryl methyl sites for hydroxylation is 1. The first-order chi connectivity index (χ1) is 8.36. The number of hydrogen-bond acceptors (Lipinski definition) is 2. The van der Waals surface area contributed by atoms with Crippen molar-refractivity contribution in [3.8, 4) is 0 Å². The van der Waals surface area contributed by atoms with Crippen LogP contribution in [-0.4, -0.2) is 26.2 Å². The van der Waals surface area contributed by atoms with E-state index in [1.54, 1.807) is 0 Å². The van der Waals surface area contributed by atoms with E-state index in [9.17, 15) is 0 Å². The van der Waals surface area contributed by atoms with Crippen molar-refractivity contribution < 1.29 is 0 Å². The van der Waals surface area contributed by atoms with Crippen LogP contribution in [0.25, 0.3) is 0 Å². The highest BCUT2D eigenvalue weighted by atomic mass is 35.5. The van der Waals surface area contributed by atoms with Gasteiger partial charge in [0, 0.05) is 0 Å². The highest BCUT2D eigenvalue weighted by Gasteiger charge is 2.11. The van der Waals surface area contributed by atoms with Gasteiger partial charge in [-0.15, -0.1) is 12.4 Å². The third kappa shape index (κ3) is 4.97. The van der Waals surface area contributed by atoms with Gasteiger partial charge < -0.3 is 10.6 Å². The van der Waals surface area contributed by atoms with E-state index in [1.807, 2.05) is 0 Å². The number of benzene rings is 1. The Balaban J connectivity index is 0.00000162. The minimum Gasteiger partial charge on any atom is -0.317 e. The minimum atomic E-state index is 0. The van der Waals surface area contributed by atoms with Gasteiger partial charge in [-0.1, -0.05) is 24.3 Å². The summed E-state index contributed by atoms with van der Waals surface area (Å²) < 4.78 is 0. The Hall–Kier alpha value is -0.570. The molecule has 0 saturated carbocycles. The summed E-state index contributed by atoms with van der Waals surface area (Å²) >= 11 is 0. The molecule has 0 amide bonds. The first kappa shape index (κ1) is 15.5. The zero-order chi connectivity index (χ0) is 11.9. The standard InChI is InChI=1S/C15H24N2.ClH/c1-13-4-2-3-5-15(13)8-11-17-12-14-6-9-16-10-7-14;/h2-5,14,16-17H,6-12H2,1H3;1H. The van der Waals surface area contributed by atoms with E-state index in [2.05, 4.69) is 41.8 Å². The summed E-state index contributed by atoms with van der Waals surface area (Å²) in [4.78, 5) is 0. The Bertz CT molecular complexity index is 335. The van der Waals surface area contributed by atoms with Gasteiger partial charge in [-0.25, -0.2) is 0 Å². The zero-order valence-corrected chi connectivity index (χ0v) is 12.1. The molecule has 1 aliphatic heterocycles. The van der Waals surface area contributed by atoms with E-state index in [1.165, 1.54) is 43.6 Å². The molecule has 2 N–H and O–H groups in total. The average molecular weight is 269 g/mol. The summed E-state index contributed by atoms with van der Waals surface area (Å²) in [5.41, 5.74) is 2.89. The maximum Gasteiger partial charge on any atom is -0.000814 e. The molecule has 0 unspecified atom stereocenters. The molecule has 1 saturated heterocycles. The number of rotatable bonds is 5. The van der Waals surface area contributed by atoms with Gasteiger partial charge in [-0.3, -0.25) is 0 Å². The van der Waals surface area contributed by atoms with Gasteiger partial charge in [0.15, 0.2) is 0 Å². The molecule has 102 valence electrons. The molecule has 0 spiro atoms. The molecular weight excluding hydrogens is 244 g/mol. The summed E-state index contributed by atoms with van der Waals surface area (Å²) in [5.74, 6) is 0.883. The van der Waals surface area contributed by atoms with E-state index < -0.39 is 0 Å². The van der Waals surface area contributed by atoms with E-state index in [0.717, 1.165) is 18.9 Å². The van der Waals surface area contributed by atoms with Crippen LogP contribution < -0.4 is 10.6 Å². The molecule has 3 heteroatoms. The molecular formula is C15H25ClN2. The van der Waals surface area contributed by atoms with Crippen LogP contribution in [0.4, 0.5) is 0 Å². The van der Waals surface area contributed by atoms with Crippen molar-refractivity contribution in [3.05, 3.63) is 35.4 Å². The summed E-state index contributed by atoms with van der Waals surface area (Å²) in [6.45, 7) is 6.89. The van der Waals surface area contributed by atoms with E-state index in [4.69, 9.17) is 0 Å². The topological polar surface area (TPSA) is 24.1 Å². The van der Waals surface area contributed by atoms with Gasteiger partial charge in [0.25, 0.3) is 0 Å². The quantitative estimate of drug-likeness (QED) is 0.802. The Labute approximate surface area is 117 Å². The molecule has 0 aromatic heterocycles. The molecule has 0 bridgehead atoms. The first-order valence-electron chi connectivity index (χ1n) is 6.82. The molecule has 18 heavy (non-hydrogen) atoms. The summed E-state index contributed by atoms with van der Waals surface area (Å²) in [6, 6.07) is 8.68. The molecule has 2 rings (SSSR count).